The van der Waals surface area contributed by atoms with Gasteiger partial charge in [0.15, 0.2) is 0 Å². The first-order valence-electron chi connectivity index (χ1n) is 9.90. The molecule has 2 heterocycles. The predicted octanol–water partition coefficient (Wildman–Crippen LogP) is 2.25. The summed E-state index contributed by atoms with van der Waals surface area (Å²) in [5.74, 6) is 0.280. The molecule has 0 bridgehead atoms. The fourth-order valence-corrected chi connectivity index (χ4v) is 3.94. The van der Waals surface area contributed by atoms with Crippen LogP contribution in [0.5, 0.6) is 0 Å². The minimum absolute atomic E-state index is 0.0699. The molecule has 0 radical (unpaired) electrons. The minimum Gasteiger partial charge on any atom is -0.395 e. The lowest BCUT2D eigenvalue weighted by molar-refractivity contribution is 0.0616. The molecule has 0 saturated carbocycles. The number of β-amino-alcohol motifs (C(OH)–C–C–N with tert-alkyl or cyclic N) is 1. The lowest BCUT2D eigenvalue weighted by Crippen LogP contribution is -2.49. The average molecular weight is 396 g/mol. The molecule has 1 fully saturated rings. The number of piperazine rings is 1. The Bertz CT molecular complexity index is 980. The van der Waals surface area contributed by atoms with Crippen LogP contribution in [0.3, 0.4) is 0 Å². The van der Waals surface area contributed by atoms with Gasteiger partial charge in [-0.05, 0) is 28.7 Å². The molecular formula is C22H25FN4O2. The van der Waals surface area contributed by atoms with E-state index in [0.29, 0.717) is 42.8 Å². The third kappa shape index (κ3) is 4.02. The van der Waals surface area contributed by atoms with Gasteiger partial charge in [-0.2, -0.15) is 0 Å². The molecule has 1 atom stereocenters. The van der Waals surface area contributed by atoms with Crippen molar-refractivity contribution in [2.45, 2.75) is 12.6 Å². The van der Waals surface area contributed by atoms with E-state index < -0.39 is 6.17 Å². The van der Waals surface area contributed by atoms with E-state index >= 15 is 0 Å². The number of fused-ring (bicyclic) bond motifs is 1. The molecule has 1 saturated heterocycles. The van der Waals surface area contributed by atoms with Crippen LogP contribution < -0.4 is 5.73 Å². The summed E-state index contributed by atoms with van der Waals surface area (Å²) in [4.78, 5) is 21.3. The van der Waals surface area contributed by atoms with Gasteiger partial charge in [0.05, 0.1) is 12.2 Å². The second-order valence-corrected chi connectivity index (χ2v) is 7.45. The van der Waals surface area contributed by atoms with Gasteiger partial charge < -0.3 is 15.7 Å². The molecule has 3 N–H and O–H groups in total. The van der Waals surface area contributed by atoms with Crippen LogP contribution in [0, 0.1) is 0 Å². The van der Waals surface area contributed by atoms with Gasteiger partial charge in [-0.3, -0.25) is 9.69 Å². The molecule has 1 unspecified atom stereocenters. The van der Waals surface area contributed by atoms with E-state index in [9.17, 15) is 9.18 Å². The Morgan fingerprint density at radius 1 is 1.24 bits per heavy atom. The maximum atomic E-state index is 13.7. The number of allylic oxidation sites excluding steroid dienone is 4. The SMILES string of the molecule is Nc1ncc(C(=O)N2CCN(CCO)CC2)c2ccc(C3=CC(F)CC=C3)cc12. The van der Waals surface area contributed by atoms with Crippen molar-refractivity contribution >= 4 is 28.1 Å². The number of nitrogens with two attached hydrogens (primary N) is 1. The largest absolute Gasteiger partial charge is 0.395 e. The van der Waals surface area contributed by atoms with Crippen LogP contribution >= 0.6 is 0 Å². The number of halogens is 1. The third-order valence-corrected chi connectivity index (χ3v) is 5.58. The number of amides is 1. The van der Waals surface area contributed by atoms with Crippen molar-refractivity contribution in [1.29, 1.82) is 0 Å². The summed E-state index contributed by atoms with van der Waals surface area (Å²) >= 11 is 0. The molecule has 2 aromatic rings. The second-order valence-electron chi connectivity index (χ2n) is 7.45. The minimum atomic E-state index is -0.987. The van der Waals surface area contributed by atoms with Crippen LogP contribution in [-0.2, 0) is 0 Å². The molecule has 4 rings (SSSR count). The molecule has 1 aliphatic carbocycles. The van der Waals surface area contributed by atoms with E-state index in [4.69, 9.17) is 10.8 Å². The molecule has 29 heavy (non-hydrogen) atoms. The zero-order valence-corrected chi connectivity index (χ0v) is 16.2. The number of aromatic nitrogens is 1. The highest BCUT2D eigenvalue weighted by Gasteiger charge is 2.24. The Morgan fingerprint density at radius 3 is 2.76 bits per heavy atom. The lowest BCUT2D eigenvalue weighted by atomic mass is 9.95. The van der Waals surface area contributed by atoms with Crippen molar-refractivity contribution in [3.8, 4) is 0 Å². The maximum absolute atomic E-state index is 13.7. The van der Waals surface area contributed by atoms with Crippen LogP contribution in [0.2, 0.25) is 0 Å². The fourth-order valence-electron chi connectivity index (χ4n) is 3.94. The van der Waals surface area contributed by atoms with Crippen LogP contribution in [0.1, 0.15) is 22.3 Å². The van der Waals surface area contributed by atoms with Gasteiger partial charge >= 0.3 is 0 Å². The van der Waals surface area contributed by atoms with Crippen LogP contribution in [-0.4, -0.2) is 71.3 Å². The van der Waals surface area contributed by atoms with Crippen molar-refractivity contribution < 1.29 is 14.3 Å². The van der Waals surface area contributed by atoms with E-state index in [1.165, 1.54) is 6.20 Å². The maximum Gasteiger partial charge on any atom is 0.256 e. The highest BCUT2D eigenvalue weighted by molar-refractivity contribution is 6.09. The number of aliphatic hydroxyl groups excluding tert-OH is 1. The first kappa shape index (κ1) is 19.5. The molecule has 1 aliphatic heterocycles. The highest BCUT2D eigenvalue weighted by Crippen LogP contribution is 2.30. The summed E-state index contributed by atoms with van der Waals surface area (Å²) in [5.41, 5.74) is 8.28. The standard InChI is InChI=1S/C22H25FN4O2/c23-17-3-1-2-15(12-17)16-4-5-18-19(13-16)21(24)25-14-20(18)22(29)27-8-6-26(7-9-27)10-11-28/h1-2,4-5,12-14,17,28H,3,6-11H2,(H2,24,25). The second kappa shape index (κ2) is 8.31. The van der Waals surface area contributed by atoms with Gasteiger partial charge in [-0.1, -0.05) is 24.3 Å². The van der Waals surface area contributed by atoms with Crippen LogP contribution in [0.25, 0.3) is 16.3 Å². The molecule has 1 aromatic carbocycles. The summed E-state index contributed by atoms with van der Waals surface area (Å²) in [5, 5.41) is 10.5. The van der Waals surface area contributed by atoms with Crippen molar-refractivity contribution in [3.05, 3.63) is 53.8 Å². The van der Waals surface area contributed by atoms with Crippen LogP contribution in [0.4, 0.5) is 10.2 Å². The number of pyridine rings is 1. The first-order valence-corrected chi connectivity index (χ1v) is 9.90. The summed E-state index contributed by atoms with van der Waals surface area (Å²) < 4.78 is 13.7. The van der Waals surface area contributed by atoms with Gasteiger partial charge in [-0.15, -0.1) is 0 Å². The molecule has 0 spiro atoms. The summed E-state index contributed by atoms with van der Waals surface area (Å²) in [6.45, 7) is 3.44. The van der Waals surface area contributed by atoms with E-state index in [0.717, 1.165) is 29.6 Å². The van der Waals surface area contributed by atoms with Gasteiger partial charge in [0, 0.05) is 50.7 Å². The summed E-state index contributed by atoms with van der Waals surface area (Å²) in [7, 11) is 0. The number of carbonyl (C=O) groups is 1. The topological polar surface area (TPSA) is 82.7 Å². The van der Waals surface area contributed by atoms with Crippen molar-refractivity contribution in [3.63, 3.8) is 0 Å². The monoisotopic (exact) mass is 396 g/mol. The quantitative estimate of drug-likeness (QED) is 0.828. The average Bonchev–Trinajstić information content (AvgIpc) is 2.74. The Kier molecular flexibility index (Phi) is 5.60. The van der Waals surface area contributed by atoms with Crippen LogP contribution in [0.15, 0.2) is 42.6 Å². The van der Waals surface area contributed by atoms with E-state index in [1.807, 2.05) is 35.3 Å². The van der Waals surface area contributed by atoms with Gasteiger partial charge in [-0.25, -0.2) is 9.37 Å². The lowest BCUT2D eigenvalue weighted by Gasteiger charge is -2.34. The number of hydrogen-bond acceptors (Lipinski definition) is 5. The zero-order chi connectivity index (χ0) is 20.4. The van der Waals surface area contributed by atoms with E-state index in [-0.39, 0.29) is 12.5 Å². The number of carbonyl (C=O) groups excluding carboxylic acids is 1. The molecule has 1 aromatic heterocycles. The van der Waals surface area contributed by atoms with Gasteiger partial charge in [0.2, 0.25) is 0 Å². The fraction of sp³-hybridized carbons (Fsp3) is 0.364. The molecule has 7 heteroatoms. The van der Waals surface area contributed by atoms with Gasteiger partial charge in [0.25, 0.3) is 5.91 Å². The Morgan fingerprint density at radius 2 is 2.03 bits per heavy atom. The molecule has 2 aliphatic rings. The molecule has 1 amide bonds. The molecular weight excluding hydrogens is 371 g/mol. The first-order chi connectivity index (χ1) is 14.1. The van der Waals surface area contributed by atoms with Crippen molar-refractivity contribution in [2.75, 3.05) is 45.1 Å². The highest BCUT2D eigenvalue weighted by atomic mass is 19.1. The number of aliphatic hydroxyl groups is 1. The van der Waals surface area contributed by atoms with Crippen molar-refractivity contribution in [2.24, 2.45) is 0 Å². The number of nitrogen functional groups attached to an aromatic ring is 1. The zero-order valence-electron chi connectivity index (χ0n) is 16.2. The number of nitrogens with zero attached hydrogens (tertiary/aromatic N) is 3. The Balaban J connectivity index is 1.63. The number of hydrogen-bond donors (Lipinski definition) is 2. The number of alkyl halides is 1. The Labute approximate surface area is 169 Å². The third-order valence-electron chi connectivity index (χ3n) is 5.58. The smallest absolute Gasteiger partial charge is 0.256 e. The van der Waals surface area contributed by atoms with E-state index in [2.05, 4.69) is 9.88 Å². The summed E-state index contributed by atoms with van der Waals surface area (Å²) in [6.07, 6.45) is 6.27. The van der Waals surface area contributed by atoms with Crippen molar-refractivity contribution in [1.82, 2.24) is 14.8 Å². The predicted molar refractivity (Wildman–Crippen MR) is 112 cm³/mol. The number of benzene rings is 1. The van der Waals surface area contributed by atoms with Gasteiger partial charge in [0.1, 0.15) is 12.0 Å². The summed E-state index contributed by atoms with van der Waals surface area (Å²) in [6, 6.07) is 5.64. The molecule has 6 nitrogen and oxygen atoms in total. The number of rotatable bonds is 4. The van der Waals surface area contributed by atoms with E-state index in [1.54, 1.807) is 6.08 Å². The molecule has 152 valence electrons. The normalized spacial score (nSPS) is 20.1. The Hall–Kier alpha value is -2.77. The number of anilines is 1.